The SMILES string of the molecule is O=C(NN=C(c1ccccc1)c1ccccn1)c1ccncc1. The lowest BCUT2D eigenvalue weighted by atomic mass is 10.1. The Kier molecular flexibility index (Phi) is 4.49. The third-order valence-corrected chi connectivity index (χ3v) is 3.17. The molecule has 1 N–H and O–H groups in total. The Hall–Kier alpha value is -3.34. The van der Waals surface area contributed by atoms with E-state index in [1.807, 2.05) is 48.5 Å². The molecule has 0 aliphatic heterocycles. The minimum Gasteiger partial charge on any atom is -0.267 e. The summed E-state index contributed by atoms with van der Waals surface area (Å²) in [6.07, 6.45) is 4.82. The molecule has 0 atom stereocenters. The smallest absolute Gasteiger partial charge is 0.267 e. The van der Waals surface area contributed by atoms with Crippen molar-refractivity contribution < 1.29 is 4.79 Å². The van der Waals surface area contributed by atoms with Gasteiger partial charge >= 0.3 is 0 Å². The van der Waals surface area contributed by atoms with E-state index >= 15 is 0 Å². The predicted octanol–water partition coefficient (Wildman–Crippen LogP) is 2.66. The predicted molar refractivity (Wildman–Crippen MR) is 88.0 cm³/mol. The van der Waals surface area contributed by atoms with Crippen LogP contribution in [0.25, 0.3) is 0 Å². The average Bonchev–Trinajstić information content (AvgIpc) is 2.64. The molecule has 0 aliphatic carbocycles. The topological polar surface area (TPSA) is 67.2 Å². The second-order valence-corrected chi connectivity index (χ2v) is 4.72. The van der Waals surface area contributed by atoms with Crippen molar-refractivity contribution >= 4 is 11.6 Å². The first kappa shape index (κ1) is 14.6. The highest BCUT2D eigenvalue weighted by Crippen LogP contribution is 2.08. The van der Waals surface area contributed by atoms with Gasteiger partial charge in [-0.1, -0.05) is 36.4 Å². The molecule has 112 valence electrons. The second kappa shape index (κ2) is 7.09. The molecule has 0 spiro atoms. The number of carbonyl (C=O) groups is 1. The number of pyridine rings is 2. The van der Waals surface area contributed by atoms with Crippen LogP contribution in [0, 0.1) is 0 Å². The van der Waals surface area contributed by atoms with Crippen LogP contribution in [0.15, 0.2) is 84.4 Å². The number of rotatable bonds is 4. The minimum absolute atomic E-state index is 0.295. The molecule has 0 unspecified atom stereocenters. The zero-order valence-corrected chi connectivity index (χ0v) is 12.3. The van der Waals surface area contributed by atoms with Gasteiger partial charge in [-0.2, -0.15) is 5.10 Å². The van der Waals surface area contributed by atoms with Gasteiger partial charge in [0.2, 0.25) is 0 Å². The maximum absolute atomic E-state index is 12.1. The fourth-order valence-corrected chi connectivity index (χ4v) is 2.04. The molecule has 5 nitrogen and oxygen atoms in total. The van der Waals surface area contributed by atoms with E-state index in [9.17, 15) is 4.79 Å². The van der Waals surface area contributed by atoms with E-state index in [4.69, 9.17) is 0 Å². The van der Waals surface area contributed by atoms with Crippen LogP contribution >= 0.6 is 0 Å². The van der Waals surface area contributed by atoms with Gasteiger partial charge in [-0.15, -0.1) is 0 Å². The van der Waals surface area contributed by atoms with Crippen molar-refractivity contribution in [3.63, 3.8) is 0 Å². The van der Waals surface area contributed by atoms with Gasteiger partial charge in [0.05, 0.1) is 5.69 Å². The Morgan fingerprint density at radius 2 is 1.57 bits per heavy atom. The highest BCUT2D eigenvalue weighted by atomic mass is 16.2. The van der Waals surface area contributed by atoms with Crippen LogP contribution in [0.3, 0.4) is 0 Å². The number of benzene rings is 1. The monoisotopic (exact) mass is 302 g/mol. The van der Waals surface area contributed by atoms with Crippen molar-refractivity contribution in [1.82, 2.24) is 15.4 Å². The Bertz CT molecular complexity index is 761. The van der Waals surface area contributed by atoms with Crippen LogP contribution in [-0.4, -0.2) is 21.6 Å². The normalized spacial score (nSPS) is 11.0. The highest BCUT2D eigenvalue weighted by molar-refractivity contribution is 6.12. The molecular weight excluding hydrogens is 288 g/mol. The van der Waals surface area contributed by atoms with E-state index in [1.165, 1.54) is 0 Å². The first-order chi connectivity index (χ1) is 11.3. The number of hydrogen-bond donors (Lipinski definition) is 1. The zero-order valence-electron chi connectivity index (χ0n) is 12.3. The summed E-state index contributed by atoms with van der Waals surface area (Å²) in [6, 6.07) is 18.4. The number of carbonyl (C=O) groups excluding carboxylic acids is 1. The molecule has 0 radical (unpaired) electrons. The molecule has 3 aromatic rings. The lowest BCUT2D eigenvalue weighted by Gasteiger charge is -2.07. The van der Waals surface area contributed by atoms with Gasteiger partial charge < -0.3 is 0 Å². The number of nitrogens with zero attached hydrogens (tertiary/aromatic N) is 3. The Morgan fingerprint density at radius 3 is 2.26 bits per heavy atom. The summed E-state index contributed by atoms with van der Waals surface area (Å²) in [5.74, 6) is -0.295. The van der Waals surface area contributed by atoms with Crippen molar-refractivity contribution in [3.8, 4) is 0 Å². The van der Waals surface area contributed by atoms with Gasteiger partial charge in [-0.3, -0.25) is 14.8 Å². The summed E-state index contributed by atoms with van der Waals surface area (Å²) in [6.45, 7) is 0. The third-order valence-electron chi connectivity index (χ3n) is 3.17. The molecule has 0 bridgehead atoms. The molecule has 1 aromatic carbocycles. The minimum atomic E-state index is -0.295. The van der Waals surface area contributed by atoms with Crippen LogP contribution < -0.4 is 5.43 Å². The second-order valence-electron chi connectivity index (χ2n) is 4.72. The Labute approximate surface area is 133 Å². The van der Waals surface area contributed by atoms with E-state index in [-0.39, 0.29) is 5.91 Å². The number of hydrazone groups is 1. The Balaban J connectivity index is 1.91. The van der Waals surface area contributed by atoms with Crippen molar-refractivity contribution in [3.05, 3.63) is 96.1 Å². The van der Waals surface area contributed by atoms with E-state index in [0.29, 0.717) is 17.0 Å². The molecule has 0 saturated heterocycles. The van der Waals surface area contributed by atoms with Crippen LogP contribution in [0.2, 0.25) is 0 Å². The summed E-state index contributed by atoms with van der Waals surface area (Å²) in [5.41, 5.74) is 5.24. The molecular formula is C18H14N4O. The molecule has 1 amide bonds. The van der Waals surface area contributed by atoms with Crippen LogP contribution in [0.4, 0.5) is 0 Å². The van der Waals surface area contributed by atoms with Crippen molar-refractivity contribution in [2.75, 3.05) is 0 Å². The van der Waals surface area contributed by atoms with Crippen LogP contribution in [-0.2, 0) is 0 Å². The molecule has 2 aromatic heterocycles. The molecule has 5 heteroatoms. The molecule has 0 saturated carbocycles. The highest BCUT2D eigenvalue weighted by Gasteiger charge is 2.09. The first-order valence-corrected chi connectivity index (χ1v) is 7.09. The van der Waals surface area contributed by atoms with Gasteiger partial charge in [0.1, 0.15) is 5.71 Å². The summed E-state index contributed by atoms with van der Waals surface area (Å²) in [5, 5.41) is 4.27. The molecule has 23 heavy (non-hydrogen) atoms. The quantitative estimate of drug-likeness (QED) is 0.595. The van der Waals surface area contributed by atoms with Gasteiger partial charge in [-0.25, -0.2) is 5.43 Å². The maximum atomic E-state index is 12.1. The fraction of sp³-hybridized carbons (Fsp3) is 0. The lowest BCUT2D eigenvalue weighted by molar-refractivity contribution is 0.0955. The summed E-state index contributed by atoms with van der Waals surface area (Å²) in [4.78, 5) is 20.4. The van der Waals surface area contributed by atoms with Gasteiger partial charge in [0, 0.05) is 29.7 Å². The number of nitrogens with one attached hydrogen (secondary N) is 1. The zero-order chi connectivity index (χ0) is 15.9. The Morgan fingerprint density at radius 1 is 0.826 bits per heavy atom. The summed E-state index contributed by atoms with van der Waals surface area (Å²) in [7, 11) is 0. The van der Waals surface area contributed by atoms with Crippen molar-refractivity contribution in [1.29, 1.82) is 0 Å². The fourth-order valence-electron chi connectivity index (χ4n) is 2.04. The number of hydrogen-bond acceptors (Lipinski definition) is 4. The lowest BCUT2D eigenvalue weighted by Crippen LogP contribution is -2.21. The van der Waals surface area contributed by atoms with E-state index in [1.54, 1.807) is 30.7 Å². The van der Waals surface area contributed by atoms with E-state index < -0.39 is 0 Å². The largest absolute Gasteiger partial charge is 0.271 e. The van der Waals surface area contributed by atoms with Gasteiger partial charge in [-0.05, 0) is 24.3 Å². The standard InChI is InChI=1S/C18H14N4O/c23-18(15-9-12-19-13-10-15)22-21-17(14-6-2-1-3-7-14)16-8-4-5-11-20-16/h1-13H,(H,22,23). The van der Waals surface area contributed by atoms with Gasteiger partial charge in [0.25, 0.3) is 5.91 Å². The van der Waals surface area contributed by atoms with Crippen molar-refractivity contribution in [2.24, 2.45) is 5.10 Å². The summed E-state index contributed by atoms with van der Waals surface area (Å²) >= 11 is 0. The molecule has 2 heterocycles. The van der Waals surface area contributed by atoms with Gasteiger partial charge in [0.15, 0.2) is 0 Å². The van der Waals surface area contributed by atoms with E-state index in [0.717, 1.165) is 5.56 Å². The number of amides is 1. The number of aromatic nitrogens is 2. The van der Waals surface area contributed by atoms with Crippen LogP contribution in [0.5, 0.6) is 0 Å². The molecule has 0 fully saturated rings. The van der Waals surface area contributed by atoms with Crippen molar-refractivity contribution in [2.45, 2.75) is 0 Å². The average molecular weight is 302 g/mol. The van der Waals surface area contributed by atoms with E-state index in [2.05, 4.69) is 20.5 Å². The molecule has 3 rings (SSSR count). The maximum Gasteiger partial charge on any atom is 0.271 e. The molecule has 0 aliphatic rings. The van der Waals surface area contributed by atoms with Crippen LogP contribution in [0.1, 0.15) is 21.6 Å². The first-order valence-electron chi connectivity index (χ1n) is 7.09. The third kappa shape index (κ3) is 3.65. The summed E-state index contributed by atoms with van der Waals surface area (Å²) < 4.78 is 0.